The van der Waals surface area contributed by atoms with Gasteiger partial charge in [0.25, 0.3) is 5.91 Å². The monoisotopic (exact) mass is 511 g/mol. The molecule has 2 aromatic carbocycles. The summed E-state index contributed by atoms with van der Waals surface area (Å²) < 4.78 is 35.2. The first-order valence-electron chi connectivity index (χ1n) is 11.6. The van der Waals surface area contributed by atoms with E-state index in [1.54, 1.807) is 54.6 Å². The summed E-state index contributed by atoms with van der Waals surface area (Å²) in [4.78, 5) is 22.3. The lowest BCUT2D eigenvalue weighted by atomic mass is 9.94. The van der Waals surface area contributed by atoms with Crippen LogP contribution in [0.4, 0.5) is 8.78 Å². The van der Waals surface area contributed by atoms with Gasteiger partial charge in [-0.25, -0.2) is 18.7 Å². The van der Waals surface area contributed by atoms with Crippen LogP contribution in [0.5, 0.6) is 0 Å². The molecule has 1 saturated heterocycles. The Morgan fingerprint density at radius 3 is 2.86 bits per heavy atom. The highest BCUT2D eigenvalue weighted by Gasteiger charge is 2.26. The summed E-state index contributed by atoms with van der Waals surface area (Å²) >= 11 is 5.86. The minimum absolute atomic E-state index is 0.000126. The maximum absolute atomic E-state index is 14.2. The number of aromatic nitrogens is 4. The molecule has 0 aliphatic carbocycles. The second kappa shape index (κ2) is 10.3. The summed E-state index contributed by atoms with van der Waals surface area (Å²) in [5.74, 6) is -0.607. The van der Waals surface area contributed by atoms with E-state index in [0.717, 1.165) is 5.39 Å². The summed E-state index contributed by atoms with van der Waals surface area (Å²) in [5.41, 5.74) is 2.19. The number of carbonyl (C=O) groups excluding carboxylic acids is 1. The number of halogens is 3. The zero-order valence-corrected chi connectivity index (χ0v) is 20.3. The molecule has 0 saturated carbocycles. The molecule has 36 heavy (non-hydrogen) atoms. The number of carbonyl (C=O) groups is 1. The largest absolute Gasteiger partial charge is 0.378 e. The van der Waals surface area contributed by atoms with Gasteiger partial charge in [-0.3, -0.25) is 9.48 Å². The molecule has 10 heteroatoms. The third-order valence-corrected chi connectivity index (χ3v) is 6.68. The van der Waals surface area contributed by atoms with Gasteiger partial charge in [-0.1, -0.05) is 23.7 Å². The molecule has 0 spiro atoms. The third kappa shape index (κ3) is 5.22. The Hall–Kier alpha value is -3.43. The minimum Gasteiger partial charge on any atom is -0.378 e. The summed E-state index contributed by atoms with van der Waals surface area (Å²) in [6.07, 6.45) is 5.03. The number of fused-ring (bicyclic) bond motifs is 1. The highest BCUT2D eigenvalue weighted by molar-refractivity contribution is 6.30. The lowest BCUT2D eigenvalue weighted by Gasteiger charge is -2.25. The number of rotatable bonds is 6. The fourth-order valence-electron chi connectivity index (χ4n) is 4.37. The zero-order chi connectivity index (χ0) is 25.2. The van der Waals surface area contributed by atoms with E-state index in [-0.39, 0.29) is 23.5 Å². The topological polar surface area (TPSA) is 81.9 Å². The first kappa shape index (κ1) is 24.3. The van der Waals surface area contributed by atoms with E-state index in [0.29, 0.717) is 47.5 Å². The summed E-state index contributed by atoms with van der Waals surface area (Å²) in [6.45, 7) is 0.622. The van der Waals surface area contributed by atoms with Crippen LogP contribution in [0.15, 0.2) is 55.0 Å². The number of amides is 1. The van der Waals surface area contributed by atoms with E-state index in [2.05, 4.69) is 20.4 Å². The second-order valence-electron chi connectivity index (χ2n) is 8.93. The molecule has 1 aliphatic heterocycles. The molecule has 5 rings (SSSR count). The average Bonchev–Trinajstić information content (AvgIpc) is 3.31. The van der Waals surface area contributed by atoms with Gasteiger partial charge in [0.15, 0.2) is 0 Å². The molecule has 1 aliphatic rings. The van der Waals surface area contributed by atoms with Crippen molar-refractivity contribution >= 4 is 28.4 Å². The Morgan fingerprint density at radius 1 is 1.25 bits per heavy atom. The number of nitrogens with zero attached hydrogens (tertiary/aromatic N) is 4. The molecule has 7 nitrogen and oxygen atoms in total. The van der Waals surface area contributed by atoms with E-state index in [4.69, 9.17) is 16.3 Å². The minimum atomic E-state index is -1.04. The summed E-state index contributed by atoms with van der Waals surface area (Å²) in [6, 6.07) is 8.89. The van der Waals surface area contributed by atoms with Crippen LogP contribution in [0, 0.1) is 11.7 Å². The van der Waals surface area contributed by atoms with Gasteiger partial charge in [-0.2, -0.15) is 5.10 Å². The van der Waals surface area contributed by atoms with E-state index >= 15 is 0 Å². The average molecular weight is 512 g/mol. The number of aryl methyl sites for hydroxylation is 1. The number of ether oxygens (including phenoxy) is 1. The van der Waals surface area contributed by atoms with Crippen molar-refractivity contribution < 1.29 is 18.3 Å². The molecule has 3 atom stereocenters. The predicted octanol–water partition coefficient (Wildman–Crippen LogP) is 4.59. The smallest absolute Gasteiger partial charge is 0.252 e. The Kier molecular flexibility index (Phi) is 6.93. The first-order valence-corrected chi connectivity index (χ1v) is 12.0. The molecule has 0 unspecified atom stereocenters. The van der Waals surface area contributed by atoms with Crippen LogP contribution >= 0.6 is 11.6 Å². The molecule has 186 valence electrons. The molecule has 4 aromatic rings. The van der Waals surface area contributed by atoms with Crippen LogP contribution < -0.4 is 5.32 Å². The Morgan fingerprint density at radius 2 is 2.11 bits per heavy atom. The van der Waals surface area contributed by atoms with Gasteiger partial charge in [0, 0.05) is 54.9 Å². The van der Waals surface area contributed by atoms with Gasteiger partial charge in [0.05, 0.1) is 29.4 Å². The van der Waals surface area contributed by atoms with Gasteiger partial charge in [-0.15, -0.1) is 0 Å². The fraction of sp³-hybridized carbons (Fsp3) is 0.308. The van der Waals surface area contributed by atoms with Crippen molar-refractivity contribution in [2.75, 3.05) is 13.2 Å². The lowest BCUT2D eigenvalue weighted by molar-refractivity contribution is -0.00172. The number of nitrogens with one attached hydrogen (secondary N) is 1. The quantitative estimate of drug-likeness (QED) is 0.409. The second-order valence-corrected chi connectivity index (χ2v) is 9.34. The molecule has 0 bridgehead atoms. The van der Waals surface area contributed by atoms with Crippen molar-refractivity contribution in [3.8, 4) is 0 Å². The van der Waals surface area contributed by atoms with Gasteiger partial charge in [-0.05, 0) is 36.2 Å². The predicted molar refractivity (Wildman–Crippen MR) is 131 cm³/mol. The Bertz CT molecular complexity index is 1410. The Labute approximate surface area is 211 Å². The normalized spacial score (nSPS) is 18.8. The maximum Gasteiger partial charge on any atom is 0.252 e. The number of hydrogen-bond donors (Lipinski definition) is 1. The molecule has 1 fully saturated rings. The number of benzene rings is 2. The van der Waals surface area contributed by atoms with Crippen LogP contribution in [0.3, 0.4) is 0 Å². The van der Waals surface area contributed by atoms with Crippen molar-refractivity contribution in [1.29, 1.82) is 0 Å². The van der Waals surface area contributed by atoms with Crippen molar-refractivity contribution in [2.24, 2.45) is 13.0 Å². The highest BCUT2D eigenvalue weighted by atomic mass is 35.5. The van der Waals surface area contributed by atoms with Crippen molar-refractivity contribution in [3.05, 3.63) is 88.3 Å². The van der Waals surface area contributed by atoms with Crippen LogP contribution in [0.1, 0.15) is 39.8 Å². The van der Waals surface area contributed by atoms with E-state index in [1.165, 1.54) is 12.1 Å². The van der Waals surface area contributed by atoms with Crippen molar-refractivity contribution in [2.45, 2.75) is 25.1 Å². The molecule has 0 radical (unpaired) electrons. The fourth-order valence-corrected chi connectivity index (χ4v) is 4.49. The summed E-state index contributed by atoms with van der Waals surface area (Å²) in [7, 11) is 1.76. The standard InChI is InChI=1S/C26H24ClF2N5O2/c1-34-13-19(12-31-34)25(16-4-5-20(27)21(28)8-16)33-26(35)17-2-3-18-11-30-24(32-23(18)9-17)10-15-6-7-36-14-22(15)29/h2-5,8-9,11-13,15,22,25H,6-7,10,14H2,1H3,(H,33,35)/t15-,22-,25-/m0/s1. The third-order valence-electron chi connectivity index (χ3n) is 6.37. The molecule has 3 heterocycles. The number of alkyl halides is 1. The molecular weight excluding hydrogens is 488 g/mol. The van der Waals surface area contributed by atoms with E-state index < -0.39 is 18.0 Å². The molecule has 1 N–H and O–H groups in total. The van der Waals surface area contributed by atoms with E-state index in [1.807, 2.05) is 0 Å². The highest BCUT2D eigenvalue weighted by Crippen LogP contribution is 2.27. The maximum atomic E-state index is 14.2. The van der Waals surface area contributed by atoms with Gasteiger partial charge < -0.3 is 10.1 Å². The SMILES string of the molecule is Cn1cc([C@@H](NC(=O)c2ccc3cnc(C[C@@H]4CCOC[C@@H]4F)nc3c2)c2ccc(Cl)c(F)c2)cn1. The molecule has 1 amide bonds. The lowest BCUT2D eigenvalue weighted by Crippen LogP contribution is -2.30. The Balaban J connectivity index is 1.41. The van der Waals surface area contributed by atoms with Gasteiger partial charge in [0.1, 0.15) is 17.8 Å². The zero-order valence-electron chi connectivity index (χ0n) is 19.5. The summed E-state index contributed by atoms with van der Waals surface area (Å²) in [5, 5.41) is 7.91. The number of hydrogen-bond acceptors (Lipinski definition) is 5. The first-order chi connectivity index (χ1) is 17.4. The van der Waals surface area contributed by atoms with Crippen molar-refractivity contribution in [1.82, 2.24) is 25.1 Å². The van der Waals surface area contributed by atoms with Crippen molar-refractivity contribution in [3.63, 3.8) is 0 Å². The molecular formula is C26H24ClF2N5O2. The van der Waals surface area contributed by atoms with Gasteiger partial charge in [0.2, 0.25) is 0 Å². The molecule has 2 aromatic heterocycles. The van der Waals surface area contributed by atoms with Gasteiger partial charge >= 0.3 is 0 Å². The van der Waals surface area contributed by atoms with Crippen LogP contribution in [-0.2, 0) is 18.2 Å². The van der Waals surface area contributed by atoms with Crippen LogP contribution in [-0.4, -0.2) is 45.0 Å². The van der Waals surface area contributed by atoms with Crippen LogP contribution in [0.25, 0.3) is 10.9 Å². The van der Waals surface area contributed by atoms with Crippen LogP contribution in [0.2, 0.25) is 5.02 Å². The van der Waals surface area contributed by atoms with E-state index in [9.17, 15) is 13.6 Å².